The highest BCUT2D eigenvalue weighted by atomic mass is 19.1. The van der Waals surface area contributed by atoms with E-state index in [4.69, 9.17) is 9.84 Å². The van der Waals surface area contributed by atoms with Crippen LogP contribution in [-0.2, 0) is 13.0 Å². The van der Waals surface area contributed by atoms with E-state index >= 15 is 0 Å². The number of ether oxygens (including phenoxy) is 1. The lowest BCUT2D eigenvalue weighted by atomic mass is 9.98. The average molecular weight is 403 g/mol. The minimum atomic E-state index is -1.44. The molecule has 1 aliphatic carbocycles. The summed E-state index contributed by atoms with van der Waals surface area (Å²) in [6.45, 7) is 0.332. The van der Waals surface area contributed by atoms with Gasteiger partial charge in [-0.15, -0.1) is 0 Å². The van der Waals surface area contributed by atoms with E-state index in [1.807, 2.05) is 6.08 Å². The third kappa shape index (κ3) is 3.52. The lowest BCUT2D eigenvalue weighted by Crippen LogP contribution is -2.35. The number of aromatic hydroxyl groups is 1. The summed E-state index contributed by atoms with van der Waals surface area (Å²) in [5, 5.41) is 32.4. The van der Waals surface area contributed by atoms with Crippen molar-refractivity contribution in [2.45, 2.75) is 31.8 Å². The first-order chi connectivity index (χ1) is 14.0. The maximum absolute atomic E-state index is 13.3. The van der Waals surface area contributed by atoms with Crippen molar-refractivity contribution in [3.05, 3.63) is 51.5 Å². The molecule has 2 unspecified atom stereocenters. The van der Waals surface area contributed by atoms with E-state index in [1.165, 1.54) is 10.6 Å². The molecule has 3 heterocycles. The van der Waals surface area contributed by atoms with Gasteiger partial charge in [0, 0.05) is 31.1 Å². The fourth-order valence-electron chi connectivity index (χ4n) is 3.70. The molecule has 0 radical (unpaired) electrons. The van der Waals surface area contributed by atoms with Crippen molar-refractivity contribution >= 4 is 11.0 Å². The van der Waals surface area contributed by atoms with Crippen LogP contribution in [0, 0.1) is 0 Å². The number of aromatic nitrogens is 2. The van der Waals surface area contributed by atoms with Gasteiger partial charge in [0.05, 0.1) is 13.2 Å². The molecule has 0 amide bonds. The Bertz CT molecular complexity index is 1060. The third-order valence-electron chi connectivity index (χ3n) is 5.11. The topological polar surface area (TPSA) is 117 Å². The molecule has 0 aromatic carbocycles. The Labute approximate surface area is 165 Å². The molecule has 0 spiro atoms. The summed E-state index contributed by atoms with van der Waals surface area (Å²) in [7, 11) is 0. The number of nitrogens with one attached hydrogen (secondary N) is 1. The quantitative estimate of drug-likeness (QED) is 0.528. The molecule has 8 nitrogen and oxygen atoms in total. The molecule has 4 rings (SSSR count). The van der Waals surface area contributed by atoms with E-state index in [2.05, 4.69) is 10.3 Å². The van der Waals surface area contributed by atoms with Gasteiger partial charge < -0.3 is 20.1 Å². The molecule has 4 N–H and O–H groups in total. The van der Waals surface area contributed by atoms with E-state index in [0.29, 0.717) is 24.1 Å². The molecular formula is C20H22FN3O5. The molecular weight excluding hydrogens is 381 g/mol. The monoisotopic (exact) mass is 403 g/mol. The number of aliphatic hydroxyl groups excluding tert-OH is 2. The Kier molecular flexibility index (Phi) is 5.35. The zero-order valence-corrected chi connectivity index (χ0v) is 15.6. The van der Waals surface area contributed by atoms with Gasteiger partial charge in [0.2, 0.25) is 0 Å². The summed E-state index contributed by atoms with van der Waals surface area (Å²) in [6, 6.07) is 0. The Morgan fingerprint density at radius 1 is 1.45 bits per heavy atom. The maximum atomic E-state index is 13.3. The predicted octanol–water partition coefficient (Wildman–Crippen LogP) is 0.834. The number of rotatable bonds is 6. The molecule has 1 aliphatic heterocycles. The molecule has 29 heavy (non-hydrogen) atoms. The van der Waals surface area contributed by atoms with Crippen molar-refractivity contribution in [2.75, 3.05) is 19.8 Å². The summed E-state index contributed by atoms with van der Waals surface area (Å²) in [4.78, 5) is 17.3. The standard InChI is InChI=1S/C20H22FN3O5/c21-13-3-1-11(2-4-13)9-12-10-23-15-16-18(12)29-8-6-24(16)20(28)14(17(15)26)19(27)22-5-7-25/h1-3,10,13,19,22,25-27H,4-9H2. The number of halogens is 1. The summed E-state index contributed by atoms with van der Waals surface area (Å²) in [6.07, 6.45) is 4.97. The molecule has 2 aliphatic rings. The summed E-state index contributed by atoms with van der Waals surface area (Å²) in [5.74, 6) is 0.0317. The smallest absolute Gasteiger partial charge is 0.262 e. The second kappa shape index (κ2) is 7.94. The van der Waals surface area contributed by atoms with Crippen molar-refractivity contribution < 1.29 is 24.4 Å². The molecule has 2 aromatic rings. The largest absolute Gasteiger partial charge is 0.505 e. The minimum absolute atomic E-state index is 0.0567. The zero-order chi connectivity index (χ0) is 20.5. The summed E-state index contributed by atoms with van der Waals surface area (Å²) >= 11 is 0. The van der Waals surface area contributed by atoms with Crippen molar-refractivity contribution in [3.8, 4) is 11.5 Å². The van der Waals surface area contributed by atoms with E-state index in [0.717, 1.165) is 11.1 Å². The second-order valence-electron chi connectivity index (χ2n) is 7.02. The highest BCUT2D eigenvalue weighted by Crippen LogP contribution is 2.37. The van der Waals surface area contributed by atoms with Crippen LogP contribution in [0.25, 0.3) is 11.0 Å². The SMILES string of the molecule is O=c1c(C(O)NCCO)c(O)c2ncc(CC3=CCC(F)C=C3)c3c2n1CCO3. The van der Waals surface area contributed by atoms with Crippen molar-refractivity contribution in [1.82, 2.24) is 14.9 Å². The van der Waals surface area contributed by atoms with Crippen LogP contribution in [0.2, 0.25) is 0 Å². The van der Waals surface area contributed by atoms with Gasteiger partial charge in [0.15, 0.2) is 11.5 Å². The average Bonchev–Trinajstić information content (AvgIpc) is 2.73. The maximum Gasteiger partial charge on any atom is 0.262 e. The Hall–Kier alpha value is -2.75. The van der Waals surface area contributed by atoms with Crippen LogP contribution in [0.3, 0.4) is 0 Å². The van der Waals surface area contributed by atoms with Crippen LogP contribution >= 0.6 is 0 Å². The van der Waals surface area contributed by atoms with Gasteiger partial charge in [-0.1, -0.05) is 18.2 Å². The number of hydrogen-bond acceptors (Lipinski definition) is 7. The van der Waals surface area contributed by atoms with E-state index < -0.39 is 23.7 Å². The molecule has 2 atom stereocenters. The minimum Gasteiger partial charge on any atom is -0.505 e. The summed E-state index contributed by atoms with van der Waals surface area (Å²) < 4.78 is 20.6. The number of aliphatic hydroxyl groups is 2. The summed E-state index contributed by atoms with van der Waals surface area (Å²) in [5.41, 5.74) is 1.41. The molecule has 0 saturated carbocycles. The molecule has 0 saturated heterocycles. The zero-order valence-electron chi connectivity index (χ0n) is 15.6. The Balaban J connectivity index is 1.82. The van der Waals surface area contributed by atoms with E-state index in [9.17, 15) is 19.4 Å². The Morgan fingerprint density at radius 2 is 2.28 bits per heavy atom. The van der Waals surface area contributed by atoms with Gasteiger partial charge in [0.25, 0.3) is 5.56 Å². The van der Waals surface area contributed by atoms with Gasteiger partial charge in [-0.25, -0.2) is 4.39 Å². The van der Waals surface area contributed by atoms with Crippen LogP contribution < -0.4 is 15.6 Å². The first kappa shape index (κ1) is 19.6. The second-order valence-corrected chi connectivity index (χ2v) is 7.02. The lowest BCUT2D eigenvalue weighted by Gasteiger charge is -2.25. The van der Waals surface area contributed by atoms with Crippen LogP contribution in [0.1, 0.15) is 23.8 Å². The Morgan fingerprint density at radius 3 is 3.00 bits per heavy atom. The fraction of sp³-hybridized carbons (Fsp3) is 0.400. The first-order valence-electron chi connectivity index (χ1n) is 9.45. The molecule has 0 fully saturated rings. The number of hydrogen-bond donors (Lipinski definition) is 4. The van der Waals surface area contributed by atoms with Crippen molar-refractivity contribution in [3.63, 3.8) is 0 Å². The number of pyridine rings is 2. The number of allylic oxidation sites excluding steroid dienone is 4. The predicted molar refractivity (Wildman–Crippen MR) is 104 cm³/mol. The van der Waals surface area contributed by atoms with Gasteiger partial charge >= 0.3 is 0 Å². The van der Waals surface area contributed by atoms with Crippen LogP contribution in [0.4, 0.5) is 4.39 Å². The van der Waals surface area contributed by atoms with E-state index in [-0.39, 0.29) is 37.4 Å². The van der Waals surface area contributed by atoms with Crippen LogP contribution in [-0.4, -0.2) is 50.8 Å². The highest BCUT2D eigenvalue weighted by molar-refractivity contribution is 5.89. The number of nitrogens with zero attached hydrogens (tertiary/aromatic N) is 2. The van der Waals surface area contributed by atoms with Crippen molar-refractivity contribution in [2.24, 2.45) is 0 Å². The molecule has 154 valence electrons. The molecule has 0 bridgehead atoms. The number of alkyl halides is 1. The highest BCUT2D eigenvalue weighted by Gasteiger charge is 2.28. The molecule has 2 aromatic heterocycles. The third-order valence-corrected chi connectivity index (χ3v) is 5.11. The first-order valence-corrected chi connectivity index (χ1v) is 9.45. The normalized spacial score (nSPS) is 19.1. The van der Waals surface area contributed by atoms with Crippen molar-refractivity contribution in [1.29, 1.82) is 0 Å². The van der Waals surface area contributed by atoms with Gasteiger partial charge in [-0.3, -0.25) is 19.7 Å². The van der Waals surface area contributed by atoms with Crippen LogP contribution in [0.5, 0.6) is 11.5 Å². The fourth-order valence-corrected chi connectivity index (χ4v) is 3.70. The van der Waals surface area contributed by atoms with Gasteiger partial charge in [-0.2, -0.15) is 0 Å². The lowest BCUT2D eigenvalue weighted by molar-refractivity contribution is 0.124. The van der Waals surface area contributed by atoms with Gasteiger partial charge in [-0.05, 0) is 5.57 Å². The van der Waals surface area contributed by atoms with Crippen LogP contribution in [0.15, 0.2) is 34.8 Å². The molecule has 9 heteroatoms. The van der Waals surface area contributed by atoms with Gasteiger partial charge in [0.1, 0.15) is 35.6 Å². The van der Waals surface area contributed by atoms with E-state index in [1.54, 1.807) is 12.3 Å².